The van der Waals surface area contributed by atoms with Crippen molar-refractivity contribution in [3.05, 3.63) is 101 Å². The molecule has 2 aliphatic heterocycles. The van der Waals surface area contributed by atoms with Crippen LogP contribution in [-0.4, -0.2) is 29.2 Å². The molecule has 2 heterocycles. The number of hydrogen-bond donors (Lipinski definition) is 1. The first kappa shape index (κ1) is 19.9. The zero-order chi connectivity index (χ0) is 21.2. The summed E-state index contributed by atoms with van der Waals surface area (Å²) >= 11 is 0. The van der Waals surface area contributed by atoms with Gasteiger partial charge in [0.25, 0.3) is 0 Å². The lowest BCUT2D eigenvalue weighted by Gasteiger charge is -2.37. The molecule has 0 amide bonds. The van der Waals surface area contributed by atoms with Crippen molar-refractivity contribution < 1.29 is 9.84 Å². The van der Waals surface area contributed by atoms with Crippen LogP contribution in [0.3, 0.4) is 0 Å². The molecule has 3 aromatic rings. The molecule has 2 saturated heterocycles. The third kappa shape index (κ3) is 4.11. The van der Waals surface area contributed by atoms with Crippen molar-refractivity contribution in [2.45, 2.75) is 44.3 Å². The Labute approximate surface area is 184 Å². The van der Waals surface area contributed by atoms with Crippen molar-refractivity contribution >= 4 is 5.57 Å². The first-order chi connectivity index (χ1) is 15.2. The molecule has 2 fully saturated rings. The Balaban J connectivity index is 1.52. The van der Waals surface area contributed by atoms with Crippen molar-refractivity contribution in [3.63, 3.8) is 0 Å². The van der Waals surface area contributed by atoms with Crippen LogP contribution < -0.4 is 4.74 Å². The molecule has 3 heteroatoms. The summed E-state index contributed by atoms with van der Waals surface area (Å²) in [6.07, 6.45) is 4.72. The van der Waals surface area contributed by atoms with Gasteiger partial charge in [-0.05, 0) is 72.2 Å². The molecular formula is C28H29NO2. The minimum atomic E-state index is 0.302. The van der Waals surface area contributed by atoms with E-state index in [2.05, 4.69) is 53.4 Å². The summed E-state index contributed by atoms with van der Waals surface area (Å²) in [5.74, 6) is 1.18. The van der Waals surface area contributed by atoms with E-state index in [1.54, 1.807) is 19.2 Å². The molecule has 5 rings (SSSR count). The van der Waals surface area contributed by atoms with Crippen molar-refractivity contribution in [2.24, 2.45) is 0 Å². The number of nitrogens with zero attached hydrogens (tertiary/aromatic N) is 1. The van der Waals surface area contributed by atoms with E-state index in [1.165, 1.54) is 35.1 Å². The summed E-state index contributed by atoms with van der Waals surface area (Å²) in [6, 6.07) is 28.0. The zero-order valence-corrected chi connectivity index (χ0v) is 18.0. The molecule has 0 spiro atoms. The second-order valence-electron chi connectivity index (χ2n) is 8.71. The van der Waals surface area contributed by atoms with Gasteiger partial charge in [0, 0.05) is 18.6 Å². The highest BCUT2D eigenvalue weighted by molar-refractivity contribution is 5.83. The Kier molecular flexibility index (Phi) is 5.52. The lowest BCUT2D eigenvalue weighted by atomic mass is 9.85. The van der Waals surface area contributed by atoms with E-state index < -0.39 is 0 Å². The normalized spacial score (nSPS) is 20.6. The van der Waals surface area contributed by atoms with Crippen LogP contribution in [0.4, 0.5) is 0 Å². The average molecular weight is 412 g/mol. The Morgan fingerprint density at radius 2 is 1.58 bits per heavy atom. The molecule has 0 radical (unpaired) electrons. The lowest BCUT2D eigenvalue weighted by molar-refractivity contribution is 0.158. The quantitative estimate of drug-likeness (QED) is 0.556. The van der Waals surface area contributed by atoms with Gasteiger partial charge < -0.3 is 9.84 Å². The topological polar surface area (TPSA) is 32.7 Å². The maximum absolute atomic E-state index is 9.83. The predicted molar refractivity (Wildman–Crippen MR) is 125 cm³/mol. The van der Waals surface area contributed by atoms with Crippen LogP contribution in [0.2, 0.25) is 0 Å². The molecule has 1 N–H and O–H groups in total. The van der Waals surface area contributed by atoms with Gasteiger partial charge in [0.1, 0.15) is 11.5 Å². The molecule has 2 atom stereocenters. The molecule has 31 heavy (non-hydrogen) atoms. The third-order valence-electron chi connectivity index (χ3n) is 6.81. The van der Waals surface area contributed by atoms with Crippen LogP contribution in [0.15, 0.2) is 84.4 Å². The van der Waals surface area contributed by atoms with Gasteiger partial charge in [0.05, 0.1) is 7.11 Å². The largest absolute Gasteiger partial charge is 0.508 e. The van der Waals surface area contributed by atoms with E-state index in [1.807, 2.05) is 18.2 Å². The summed E-state index contributed by atoms with van der Waals surface area (Å²) < 4.78 is 5.51. The number of benzene rings is 3. The van der Waals surface area contributed by atoms with Gasteiger partial charge in [0.15, 0.2) is 0 Å². The Morgan fingerprint density at radius 1 is 0.871 bits per heavy atom. The van der Waals surface area contributed by atoms with Gasteiger partial charge in [0.2, 0.25) is 0 Å². The smallest absolute Gasteiger partial charge is 0.119 e. The highest BCUT2D eigenvalue weighted by Gasteiger charge is 2.39. The Hall–Kier alpha value is -3.04. The van der Waals surface area contributed by atoms with Crippen LogP contribution in [0.5, 0.6) is 11.5 Å². The van der Waals surface area contributed by atoms with E-state index in [0.717, 1.165) is 30.7 Å². The van der Waals surface area contributed by atoms with E-state index in [-0.39, 0.29) is 0 Å². The van der Waals surface area contributed by atoms with Crippen LogP contribution in [0.1, 0.15) is 42.4 Å². The van der Waals surface area contributed by atoms with Gasteiger partial charge in [-0.2, -0.15) is 0 Å². The number of rotatable bonds is 5. The maximum atomic E-state index is 9.83. The van der Waals surface area contributed by atoms with Gasteiger partial charge in [-0.15, -0.1) is 0 Å². The van der Waals surface area contributed by atoms with Crippen molar-refractivity contribution in [3.8, 4) is 11.5 Å². The SMILES string of the molecule is COc1cccc(C(=C2CC3CCC(C2)N3Cc2ccccc2)c2ccc(O)cc2)c1. The van der Waals surface area contributed by atoms with Gasteiger partial charge in [-0.25, -0.2) is 0 Å². The minimum absolute atomic E-state index is 0.302. The number of fused-ring (bicyclic) bond motifs is 2. The molecule has 2 unspecified atom stereocenters. The second-order valence-corrected chi connectivity index (χ2v) is 8.71. The van der Waals surface area contributed by atoms with Crippen molar-refractivity contribution in [2.75, 3.05) is 7.11 Å². The molecule has 0 aliphatic carbocycles. The number of hydrogen-bond acceptors (Lipinski definition) is 3. The molecular weight excluding hydrogens is 382 g/mol. The van der Waals surface area contributed by atoms with Gasteiger partial charge in [-0.1, -0.05) is 60.2 Å². The van der Waals surface area contributed by atoms with E-state index >= 15 is 0 Å². The number of ether oxygens (including phenoxy) is 1. The highest BCUT2D eigenvalue weighted by atomic mass is 16.5. The number of aromatic hydroxyl groups is 1. The Morgan fingerprint density at radius 3 is 2.26 bits per heavy atom. The molecule has 0 saturated carbocycles. The van der Waals surface area contributed by atoms with Crippen molar-refractivity contribution in [1.29, 1.82) is 0 Å². The van der Waals surface area contributed by atoms with E-state index in [0.29, 0.717) is 17.8 Å². The van der Waals surface area contributed by atoms with Gasteiger partial charge in [-0.3, -0.25) is 4.90 Å². The number of phenolic OH excluding ortho intramolecular Hbond substituents is 1. The Bertz CT molecular complexity index is 1060. The summed E-state index contributed by atoms with van der Waals surface area (Å²) in [7, 11) is 1.72. The molecule has 3 nitrogen and oxygen atoms in total. The number of piperidine rings is 1. The fourth-order valence-electron chi connectivity index (χ4n) is 5.34. The number of phenols is 1. The monoisotopic (exact) mass is 411 g/mol. The average Bonchev–Trinajstić information content (AvgIpc) is 3.03. The first-order valence-corrected chi connectivity index (χ1v) is 11.2. The van der Waals surface area contributed by atoms with Crippen LogP contribution in [0, 0.1) is 0 Å². The van der Waals surface area contributed by atoms with E-state index in [9.17, 15) is 5.11 Å². The fraction of sp³-hybridized carbons (Fsp3) is 0.286. The molecule has 0 aromatic heterocycles. The summed E-state index contributed by atoms with van der Waals surface area (Å²) in [5, 5.41) is 9.83. The minimum Gasteiger partial charge on any atom is -0.508 e. The first-order valence-electron chi connectivity index (χ1n) is 11.2. The van der Waals surface area contributed by atoms with E-state index in [4.69, 9.17) is 4.74 Å². The van der Waals surface area contributed by atoms with Crippen molar-refractivity contribution in [1.82, 2.24) is 4.90 Å². The number of methoxy groups -OCH3 is 1. The summed E-state index contributed by atoms with van der Waals surface area (Å²) in [5.41, 5.74) is 6.58. The fourth-order valence-corrected chi connectivity index (χ4v) is 5.34. The maximum Gasteiger partial charge on any atom is 0.119 e. The van der Waals surface area contributed by atoms with Crippen LogP contribution in [0.25, 0.3) is 5.57 Å². The molecule has 2 bridgehead atoms. The summed E-state index contributed by atoms with van der Waals surface area (Å²) in [4.78, 5) is 2.72. The third-order valence-corrected chi connectivity index (χ3v) is 6.81. The molecule has 158 valence electrons. The predicted octanol–water partition coefficient (Wildman–Crippen LogP) is 6.03. The van der Waals surface area contributed by atoms with Crippen LogP contribution >= 0.6 is 0 Å². The second kappa shape index (κ2) is 8.60. The standard InChI is InChI=1S/C28H29NO2/c1-31-27-9-5-8-22(18-27)28(21-10-14-26(30)15-11-21)23-16-24-12-13-25(17-23)29(24)19-20-6-3-2-4-7-20/h2-11,14-15,18,24-25,30H,12-13,16-17,19H2,1H3. The van der Waals surface area contributed by atoms with Gasteiger partial charge >= 0.3 is 0 Å². The van der Waals surface area contributed by atoms with Crippen LogP contribution in [-0.2, 0) is 6.54 Å². The molecule has 2 aliphatic rings. The summed E-state index contributed by atoms with van der Waals surface area (Å²) in [6.45, 7) is 1.04. The zero-order valence-electron chi connectivity index (χ0n) is 18.0. The molecule has 3 aromatic carbocycles. The highest BCUT2D eigenvalue weighted by Crippen LogP contribution is 2.44. The lowest BCUT2D eigenvalue weighted by Crippen LogP contribution is -2.40.